The van der Waals surface area contributed by atoms with E-state index in [0.29, 0.717) is 35.8 Å². The van der Waals surface area contributed by atoms with E-state index in [1.807, 2.05) is 30.5 Å². The van der Waals surface area contributed by atoms with Gasteiger partial charge >= 0.3 is 0 Å². The van der Waals surface area contributed by atoms with E-state index in [1.54, 1.807) is 31.3 Å². The smallest absolute Gasteiger partial charge is 0.254 e. The highest BCUT2D eigenvalue weighted by Crippen LogP contribution is 2.30. The Morgan fingerprint density at radius 2 is 1.81 bits per heavy atom. The van der Waals surface area contributed by atoms with Crippen LogP contribution in [0.2, 0.25) is 0 Å². The van der Waals surface area contributed by atoms with Gasteiger partial charge in [-0.2, -0.15) is 0 Å². The molecule has 0 fully saturated rings. The van der Waals surface area contributed by atoms with Crippen LogP contribution in [0, 0.1) is 6.92 Å². The number of aryl methyl sites for hydroxylation is 1. The number of hydrogen-bond donors (Lipinski definition) is 1. The molecule has 2 aromatic carbocycles. The van der Waals surface area contributed by atoms with E-state index in [2.05, 4.69) is 17.1 Å². The molecule has 7 heteroatoms. The Morgan fingerprint density at radius 3 is 2.39 bits per heavy atom. The second-order valence-corrected chi connectivity index (χ2v) is 8.15. The van der Waals surface area contributed by atoms with Gasteiger partial charge in [0, 0.05) is 23.1 Å². The van der Waals surface area contributed by atoms with Crippen LogP contribution in [0.1, 0.15) is 38.6 Å². The lowest BCUT2D eigenvalue weighted by atomic mass is 10.1. The summed E-state index contributed by atoms with van der Waals surface area (Å²) >= 11 is 1.45. The highest BCUT2D eigenvalue weighted by molar-refractivity contribution is 7.09. The van der Waals surface area contributed by atoms with Crippen molar-refractivity contribution in [2.75, 3.05) is 20.8 Å². The molecule has 0 bridgehead atoms. The van der Waals surface area contributed by atoms with Crippen molar-refractivity contribution in [2.24, 2.45) is 0 Å². The van der Waals surface area contributed by atoms with Crippen molar-refractivity contribution >= 4 is 17.2 Å². The Bertz CT molecular complexity index is 979. The fraction of sp³-hybridized carbons (Fsp3) is 0.333. The first-order valence-corrected chi connectivity index (χ1v) is 11.0. The van der Waals surface area contributed by atoms with Crippen LogP contribution in [0.4, 0.5) is 0 Å². The normalized spacial score (nSPS) is 10.7. The fourth-order valence-electron chi connectivity index (χ4n) is 3.42. The average molecular weight is 441 g/mol. The number of ether oxygens (including phenoxy) is 2. The second kappa shape index (κ2) is 10.9. The van der Waals surface area contributed by atoms with Crippen molar-refractivity contribution in [3.63, 3.8) is 0 Å². The molecular formula is C24H28N2O4S. The van der Waals surface area contributed by atoms with Crippen LogP contribution in [-0.4, -0.2) is 41.7 Å². The molecule has 0 spiro atoms. The number of benzene rings is 2. The van der Waals surface area contributed by atoms with Crippen molar-refractivity contribution in [3.8, 4) is 11.5 Å². The van der Waals surface area contributed by atoms with Crippen molar-refractivity contribution in [1.82, 2.24) is 9.88 Å². The molecule has 1 aromatic heterocycles. The Morgan fingerprint density at radius 1 is 1.13 bits per heavy atom. The lowest BCUT2D eigenvalue weighted by Gasteiger charge is -2.23. The third-order valence-electron chi connectivity index (χ3n) is 5.11. The van der Waals surface area contributed by atoms with E-state index in [4.69, 9.17) is 9.47 Å². The maximum absolute atomic E-state index is 13.5. The van der Waals surface area contributed by atoms with Crippen LogP contribution in [0.3, 0.4) is 0 Å². The molecule has 1 N–H and O–H groups in total. The van der Waals surface area contributed by atoms with Gasteiger partial charge in [-0.15, -0.1) is 11.3 Å². The first-order chi connectivity index (χ1) is 15.0. The number of aliphatic hydroxyl groups is 1. The topological polar surface area (TPSA) is 71.9 Å². The predicted octanol–water partition coefficient (Wildman–Crippen LogP) is 4.24. The van der Waals surface area contributed by atoms with Crippen LogP contribution in [0.5, 0.6) is 11.5 Å². The molecule has 31 heavy (non-hydrogen) atoms. The standard InChI is InChI=1S/C24H28N2O4S/c1-17-21(29-2)12-19(13-22(17)30-3)24(28)26(14-23-25-20(15-27)16-31-23)11-7-10-18-8-5-4-6-9-18/h4-6,8-9,12-13,16,27H,7,10-11,14-15H2,1-3H3. The molecule has 0 aliphatic carbocycles. The molecule has 0 unspecified atom stereocenters. The summed E-state index contributed by atoms with van der Waals surface area (Å²) in [7, 11) is 3.17. The first-order valence-electron chi connectivity index (χ1n) is 10.2. The molecule has 6 nitrogen and oxygen atoms in total. The number of aromatic nitrogens is 1. The molecule has 1 amide bonds. The Kier molecular flexibility index (Phi) is 8.03. The minimum absolute atomic E-state index is 0.106. The molecule has 0 saturated carbocycles. The quantitative estimate of drug-likeness (QED) is 0.511. The molecule has 0 atom stereocenters. The van der Waals surface area contributed by atoms with Crippen LogP contribution in [0.25, 0.3) is 0 Å². The van der Waals surface area contributed by atoms with Crippen molar-refractivity contribution in [1.29, 1.82) is 0 Å². The van der Waals surface area contributed by atoms with Crippen LogP contribution in [0.15, 0.2) is 47.8 Å². The number of aliphatic hydroxyl groups excluding tert-OH is 1. The summed E-state index contributed by atoms with van der Waals surface area (Å²) in [6.45, 7) is 2.76. The summed E-state index contributed by atoms with van der Waals surface area (Å²) in [6.07, 6.45) is 1.71. The molecule has 164 valence electrons. The highest BCUT2D eigenvalue weighted by atomic mass is 32.1. The molecule has 3 aromatic rings. The Balaban J connectivity index is 1.82. The SMILES string of the molecule is COc1cc(C(=O)N(CCCc2ccccc2)Cc2nc(CO)cs2)cc(OC)c1C. The number of methoxy groups -OCH3 is 2. The number of rotatable bonds is 10. The predicted molar refractivity (Wildman–Crippen MR) is 122 cm³/mol. The van der Waals surface area contributed by atoms with E-state index in [1.165, 1.54) is 16.9 Å². The third kappa shape index (κ3) is 5.83. The summed E-state index contributed by atoms with van der Waals surface area (Å²) in [4.78, 5) is 19.7. The van der Waals surface area contributed by atoms with E-state index >= 15 is 0 Å². The Hall–Kier alpha value is -2.90. The molecular weight excluding hydrogens is 412 g/mol. The molecule has 0 aliphatic heterocycles. The van der Waals surface area contributed by atoms with Gasteiger partial charge in [-0.05, 0) is 37.5 Å². The largest absolute Gasteiger partial charge is 0.496 e. The lowest BCUT2D eigenvalue weighted by molar-refractivity contribution is 0.0740. The van der Waals surface area contributed by atoms with Crippen molar-refractivity contribution in [3.05, 3.63) is 75.2 Å². The molecule has 0 radical (unpaired) electrons. The number of carbonyl (C=O) groups excluding carboxylic acids is 1. The van der Waals surface area contributed by atoms with E-state index in [-0.39, 0.29) is 12.5 Å². The molecule has 3 rings (SSSR count). The monoisotopic (exact) mass is 440 g/mol. The number of nitrogens with zero attached hydrogens (tertiary/aromatic N) is 2. The first kappa shape index (κ1) is 22.8. The number of thiazole rings is 1. The zero-order valence-electron chi connectivity index (χ0n) is 18.1. The van der Waals surface area contributed by atoms with Crippen LogP contribution < -0.4 is 9.47 Å². The van der Waals surface area contributed by atoms with E-state index in [9.17, 15) is 9.90 Å². The van der Waals surface area contributed by atoms with E-state index in [0.717, 1.165) is 23.4 Å². The number of carbonyl (C=O) groups is 1. The van der Waals surface area contributed by atoms with Gasteiger partial charge in [0.25, 0.3) is 5.91 Å². The van der Waals surface area contributed by atoms with Gasteiger partial charge in [0.2, 0.25) is 0 Å². The van der Waals surface area contributed by atoms with Crippen molar-refractivity contribution < 1.29 is 19.4 Å². The van der Waals surface area contributed by atoms with E-state index < -0.39 is 0 Å². The van der Waals surface area contributed by atoms with Gasteiger partial charge in [-0.25, -0.2) is 4.98 Å². The second-order valence-electron chi connectivity index (χ2n) is 7.21. The van der Waals surface area contributed by atoms with Crippen LogP contribution >= 0.6 is 11.3 Å². The lowest BCUT2D eigenvalue weighted by Crippen LogP contribution is -2.32. The fourth-order valence-corrected chi connectivity index (χ4v) is 4.22. The maximum atomic E-state index is 13.5. The summed E-state index contributed by atoms with van der Waals surface area (Å²) in [6, 6.07) is 13.7. The number of amides is 1. The van der Waals surface area contributed by atoms with Gasteiger partial charge in [-0.1, -0.05) is 30.3 Å². The Labute approximate surface area is 187 Å². The van der Waals surface area contributed by atoms with Crippen LogP contribution in [-0.2, 0) is 19.6 Å². The minimum atomic E-state index is -0.106. The van der Waals surface area contributed by atoms with Gasteiger partial charge in [0.15, 0.2) is 0 Å². The number of hydrogen-bond acceptors (Lipinski definition) is 6. The zero-order valence-corrected chi connectivity index (χ0v) is 18.9. The molecule has 0 saturated heterocycles. The summed E-state index contributed by atoms with van der Waals surface area (Å²) in [5.41, 5.74) is 3.23. The van der Waals surface area contributed by atoms with Gasteiger partial charge in [0.05, 0.1) is 33.1 Å². The van der Waals surface area contributed by atoms with Gasteiger partial charge in [-0.3, -0.25) is 4.79 Å². The highest BCUT2D eigenvalue weighted by Gasteiger charge is 2.21. The maximum Gasteiger partial charge on any atom is 0.254 e. The summed E-state index contributed by atoms with van der Waals surface area (Å²) in [5.74, 6) is 1.12. The molecule has 0 aliphatic rings. The third-order valence-corrected chi connectivity index (χ3v) is 5.99. The van der Waals surface area contributed by atoms with Gasteiger partial charge in [0.1, 0.15) is 16.5 Å². The van der Waals surface area contributed by atoms with Gasteiger partial charge < -0.3 is 19.5 Å². The zero-order chi connectivity index (χ0) is 22.2. The average Bonchev–Trinajstić information content (AvgIpc) is 3.26. The summed E-state index contributed by atoms with van der Waals surface area (Å²) < 4.78 is 10.9. The minimum Gasteiger partial charge on any atom is -0.496 e. The van der Waals surface area contributed by atoms with Crippen molar-refractivity contribution in [2.45, 2.75) is 32.9 Å². The summed E-state index contributed by atoms with van der Waals surface area (Å²) in [5, 5.41) is 11.9. The molecule has 1 heterocycles.